The van der Waals surface area contributed by atoms with Crippen LogP contribution >= 0.6 is 11.6 Å². The van der Waals surface area contributed by atoms with Gasteiger partial charge < -0.3 is 10.6 Å². The number of hydrogen-bond donors (Lipinski definition) is 3. The molecule has 7 nitrogen and oxygen atoms in total. The monoisotopic (exact) mass is 485 g/mol. The summed E-state index contributed by atoms with van der Waals surface area (Å²) in [4.78, 5) is 23.8. The highest BCUT2D eigenvalue weighted by atomic mass is 35.5. The van der Waals surface area contributed by atoms with Crippen LogP contribution in [0, 0.1) is 0 Å². The van der Waals surface area contributed by atoms with E-state index in [2.05, 4.69) is 15.4 Å². The lowest BCUT2D eigenvalue weighted by Crippen LogP contribution is -2.33. The second-order valence-electron chi connectivity index (χ2n) is 7.32. The Labute approximate surface area is 198 Å². The zero-order valence-corrected chi connectivity index (χ0v) is 19.5. The molecular formula is C24H24ClN3O4S. The summed E-state index contributed by atoms with van der Waals surface area (Å²) in [6.45, 7) is 1.30. The van der Waals surface area contributed by atoms with Gasteiger partial charge in [0.05, 0.1) is 10.9 Å². The molecule has 0 aromatic heterocycles. The normalized spacial score (nSPS) is 12.1. The van der Waals surface area contributed by atoms with Gasteiger partial charge in [-0.3, -0.25) is 9.59 Å². The standard InChI is InChI=1S/C24H24ClN3O4S/c1-17(29)27-21-11-13-22(14-12-21)33(31,32)26-16-15-23(30)28-24(18-5-3-2-4-6-18)19-7-9-20(25)10-8-19/h2-14,24,26H,15-16H2,1H3,(H,27,29)(H,28,30)/t24-/m0/s1. The van der Waals surface area contributed by atoms with Crippen molar-refractivity contribution in [2.24, 2.45) is 0 Å². The smallest absolute Gasteiger partial charge is 0.240 e. The van der Waals surface area contributed by atoms with Gasteiger partial charge in [-0.15, -0.1) is 0 Å². The van der Waals surface area contributed by atoms with Gasteiger partial charge in [0.1, 0.15) is 0 Å². The summed E-state index contributed by atoms with van der Waals surface area (Å²) in [7, 11) is -3.80. The summed E-state index contributed by atoms with van der Waals surface area (Å²) in [5, 5.41) is 6.13. The molecule has 0 fully saturated rings. The van der Waals surface area contributed by atoms with Crippen molar-refractivity contribution in [2.75, 3.05) is 11.9 Å². The molecular weight excluding hydrogens is 462 g/mol. The Morgan fingerprint density at radius 3 is 2.09 bits per heavy atom. The highest BCUT2D eigenvalue weighted by Gasteiger charge is 2.18. The summed E-state index contributed by atoms with van der Waals surface area (Å²) in [6, 6.07) is 22.1. The van der Waals surface area contributed by atoms with Crippen molar-refractivity contribution in [3.8, 4) is 0 Å². The van der Waals surface area contributed by atoms with Gasteiger partial charge in [-0.2, -0.15) is 0 Å². The van der Waals surface area contributed by atoms with Crippen LogP contribution < -0.4 is 15.4 Å². The van der Waals surface area contributed by atoms with Crippen LogP contribution in [0.25, 0.3) is 0 Å². The van der Waals surface area contributed by atoms with Gasteiger partial charge in [-0.1, -0.05) is 54.1 Å². The van der Waals surface area contributed by atoms with Crippen molar-refractivity contribution in [1.82, 2.24) is 10.0 Å². The van der Waals surface area contributed by atoms with E-state index in [0.29, 0.717) is 10.7 Å². The topological polar surface area (TPSA) is 104 Å². The van der Waals surface area contributed by atoms with E-state index in [1.165, 1.54) is 31.2 Å². The molecule has 0 saturated heterocycles. The molecule has 0 aliphatic carbocycles. The predicted molar refractivity (Wildman–Crippen MR) is 128 cm³/mol. The van der Waals surface area contributed by atoms with Crippen molar-refractivity contribution in [3.05, 3.63) is 95.0 Å². The lowest BCUT2D eigenvalue weighted by Gasteiger charge is -2.20. The molecule has 2 amide bonds. The molecule has 0 spiro atoms. The minimum absolute atomic E-state index is 0.0415. The Morgan fingerprint density at radius 1 is 0.879 bits per heavy atom. The van der Waals surface area contributed by atoms with Crippen molar-refractivity contribution >= 4 is 39.1 Å². The number of halogens is 1. The zero-order valence-electron chi connectivity index (χ0n) is 17.9. The Balaban J connectivity index is 1.61. The number of carbonyl (C=O) groups is 2. The Morgan fingerprint density at radius 2 is 1.48 bits per heavy atom. The van der Waals surface area contributed by atoms with E-state index in [0.717, 1.165) is 11.1 Å². The Kier molecular flexibility index (Phi) is 8.21. The van der Waals surface area contributed by atoms with E-state index in [-0.39, 0.29) is 29.7 Å². The van der Waals surface area contributed by atoms with Crippen LogP contribution in [0.3, 0.4) is 0 Å². The molecule has 0 bridgehead atoms. The van der Waals surface area contributed by atoms with Crippen LogP contribution in [0.4, 0.5) is 5.69 Å². The van der Waals surface area contributed by atoms with E-state index < -0.39 is 16.1 Å². The highest BCUT2D eigenvalue weighted by Crippen LogP contribution is 2.23. The first-order valence-electron chi connectivity index (χ1n) is 10.2. The van der Waals surface area contributed by atoms with Crippen molar-refractivity contribution < 1.29 is 18.0 Å². The fourth-order valence-electron chi connectivity index (χ4n) is 3.20. The number of rotatable bonds is 9. The minimum Gasteiger partial charge on any atom is -0.345 e. The number of nitrogens with one attached hydrogen (secondary N) is 3. The summed E-state index contributed by atoms with van der Waals surface area (Å²) < 4.78 is 27.4. The molecule has 0 saturated carbocycles. The van der Waals surface area contributed by atoms with Crippen molar-refractivity contribution in [3.63, 3.8) is 0 Å². The number of sulfonamides is 1. The van der Waals surface area contributed by atoms with Crippen LogP contribution in [-0.4, -0.2) is 26.8 Å². The predicted octanol–water partition coefficient (Wildman–Crippen LogP) is 3.87. The maximum absolute atomic E-state index is 12.6. The molecule has 1 atom stereocenters. The summed E-state index contributed by atoms with van der Waals surface area (Å²) in [5.41, 5.74) is 2.25. The maximum Gasteiger partial charge on any atom is 0.240 e. The van der Waals surface area contributed by atoms with E-state index in [1.54, 1.807) is 12.1 Å². The number of amides is 2. The Hall–Kier alpha value is -3.20. The molecule has 33 heavy (non-hydrogen) atoms. The van der Waals surface area contributed by atoms with Gasteiger partial charge in [-0.25, -0.2) is 13.1 Å². The molecule has 3 aromatic rings. The third-order valence-electron chi connectivity index (χ3n) is 4.77. The highest BCUT2D eigenvalue weighted by molar-refractivity contribution is 7.89. The molecule has 9 heteroatoms. The fraction of sp³-hybridized carbons (Fsp3) is 0.167. The third kappa shape index (κ3) is 7.15. The average Bonchev–Trinajstić information content (AvgIpc) is 2.79. The maximum atomic E-state index is 12.6. The van der Waals surface area contributed by atoms with Gasteiger partial charge in [-0.05, 0) is 47.5 Å². The first kappa shape index (κ1) is 24.4. The molecule has 3 rings (SSSR count). The van der Waals surface area contributed by atoms with Crippen LogP contribution in [0.15, 0.2) is 83.8 Å². The van der Waals surface area contributed by atoms with Crippen LogP contribution in [0.5, 0.6) is 0 Å². The summed E-state index contributed by atoms with van der Waals surface area (Å²) >= 11 is 5.99. The van der Waals surface area contributed by atoms with Crippen LogP contribution in [0.1, 0.15) is 30.5 Å². The zero-order chi connectivity index (χ0) is 23.8. The molecule has 3 N–H and O–H groups in total. The summed E-state index contributed by atoms with van der Waals surface area (Å²) in [5.74, 6) is -0.551. The number of benzene rings is 3. The first-order valence-corrected chi connectivity index (χ1v) is 12.1. The lowest BCUT2D eigenvalue weighted by molar-refractivity contribution is -0.121. The van der Waals surface area contributed by atoms with Crippen LogP contribution in [-0.2, 0) is 19.6 Å². The SMILES string of the molecule is CC(=O)Nc1ccc(S(=O)(=O)NCCC(=O)N[C@@H](c2ccccc2)c2ccc(Cl)cc2)cc1. The minimum atomic E-state index is -3.80. The molecule has 3 aromatic carbocycles. The van der Waals surface area contributed by atoms with Crippen molar-refractivity contribution in [1.29, 1.82) is 0 Å². The third-order valence-corrected chi connectivity index (χ3v) is 6.50. The van der Waals surface area contributed by atoms with Gasteiger partial charge in [0.25, 0.3) is 0 Å². The van der Waals surface area contributed by atoms with Crippen molar-refractivity contribution in [2.45, 2.75) is 24.3 Å². The van der Waals surface area contributed by atoms with Gasteiger partial charge in [0.2, 0.25) is 21.8 Å². The van der Waals surface area contributed by atoms with Gasteiger partial charge >= 0.3 is 0 Å². The van der Waals surface area contributed by atoms with E-state index >= 15 is 0 Å². The first-order chi connectivity index (χ1) is 15.7. The molecule has 0 radical (unpaired) electrons. The molecule has 172 valence electrons. The second-order valence-corrected chi connectivity index (χ2v) is 9.52. The number of anilines is 1. The van der Waals surface area contributed by atoms with E-state index in [9.17, 15) is 18.0 Å². The fourth-order valence-corrected chi connectivity index (χ4v) is 4.35. The van der Waals surface area contributed by atoms with E-state index in [1.807, 2.05) is 42.5 Å². The molecule has 0 heterocycles. The average molecular weight is 486 g/mol. The molecule has 0 aliphatic heterocycles. The van der Waals surface area contributed by atoms with Crippen LogP contribution in [0.2, 0.25) is 5.02 Å². The second kappa shape index (κ2) is 11.1. The van der Waals surface area contributed by atoms with Gasteiger partial charge in [0, 0.05) is 30.6 Å². The number of hydrogen-bond acceptors (Lipinski definition) is 4. The molecule has 0 unspecified atom stereocenters. The Bertz CT molecular complexity index is 1200. The number of carbonyl (C=O) groups excluding carboxylic acids is 2. The molecule has 0 aliphatic rings. The largest absolute Gasteiger partial charge is 0.345 e. The van der Waals surface area contributed by atoms with E-state index in [4.69, 9.17) is 11.6 Å². The summed E-state index contributed by atoms with van der Waals surface area (Å²) in [6.07, 6.45) is -0.0415. The lowest BCUT2D eigenvalue weighted by atomic mass is 9.98. The van der Waals surface area contributed by atoms with Gasteiger partial charge in [0.15, 0.2) is 0 Å². The quantitative estimate of drug-likeness (QED) is 0.428.